The van der Waals surface area contributed by atoms with Crippen LogP contribution in [0.4, 0.5) is 4.39 Å². The summed E-state index contributed by atoms with van der Waals surface area (Å²) in [5.74, 6) is 3.57. The van der Waals surface area contributed by atoms with Crippen molar-refractivity contribution in [2.45, 2.75) is 148 Å². The molecule has 3 rings (SSSR count). The fourth-order valence-corrected chi connectivity index (χ4v) is 6.76. The van der Waals surface area contributed by atoms with Crippen molar-refractivity contribution in [2.24, 2.45) is 17.8 Å². The zero-order valence-corrected chi connectivity index (χ0v) is 23.2. The van der Waals surface area contributed by atoms with E-state index in [9.17, 15) is 4.39 Å². The lowest BCUT2D eigenvalue weighted by molar-refractivity contribution is 0.225. The van der Waals surface area contributed by atoms with Gasteiger partial charge in [-0.15, -0.1) is 0 Å². The zero-order valence-electron chi connectivity index (χ0n) is 23.2. The Morgan fingerprint density at radius 3 is 1.77 bits per heavy atom. The van der Waals surface area contributed by atoms with Crippen LogP contribution < -0.4 is 4.74 Å². The van der Waals surface area contributed by atoms with Gasteiger partial charge in [0.05, 0.1) is 6.61 Å². The van der Waals surface area contributed by atoms with E-state index in [1.807, 2.05) is 6.07 Å². The molecule has 0 atom stereocenters. The van der Waals surface area contributed by atoms with E-state index < -0.39 is 0 Å². The third-order valence-corrected chi connectivity index (χ3v) is 9.19. The molecule has 0 unspecified atom stereocenters. The number of benzene rings is 1. The highest BCUT2D eigenvalue weighted by Crippen LogP contribution is 2.39. The molecule has 2 fully saturated rings. The third kappa shape index (κ3) is 10.5. The quantitative estimate of drug-likeness (QED) is 0.211. The van der Waals surface area contributed by atoms with Gasteiger partial charge in [0.2, 0.25) is 0 Å². The second-order valence-electron chi connectivity index (χ2n) is 12.0. The first-order valence-electron chi connectivity index (χ1n) is 15.6. The molecule has 0 heterocycles. The molecule has 200 valence electrons. The van der Waals surface area contributed by atoms with Gasteiger partial charge in [-0.1, -0.05) is 110 Å². The maximum absolute atomic E-state index is 14.8. The smallest absolute Gasteiger partial charge is 0.165 e. The predicted molar refractivity (Wildman–Crippen MR) is 149 cm³/mol. The molecule has 35 heavy (non-hydrogen) atoms. The highest BCUT2D eigenvalue weighted by atomic mass is 19.1. The summed E-state index contributed by atoms with van der Waals surface area (Å²) in [7, 11) is 0. The number of rotatable bonds is 16. The minimum absolute atomic E-state index is 0.159. The van der Waals surface area contributed by atoms with E-state index in [0.717, 1.165) is 24.2 Å². The monoisotopic (exact) mass is 486 g/mol. The minimum atomic E-state index is -0.159. The molecule has 0 bridgehead atoms. The molecule has 0 saturated heterocycles. The maximum Gasteiger partial charge on any atom is 0.165 e. The van der Waals surface area contributed by atoms with Gasteiger partial charge in [-0.05, 0) is 79.9 Å². The second-order valence-corrected chi connectivity index (χ2v) is 12.0. The Morgan fingerprint density at radius 1 is 0.657 bits per heavy atom. The lowest BCUT2D eigenvalue weighted by Crippen LogP contribution is -2.15. The lowest BCUT2D eigenvalue weighted by Gasteiger charge is -2.29. The van der Waals surface area contributed by atoms with Gasteiger partial charge in [0, 0.05) is 0 Å². The van der Waals surface area contributed by atoms with Gasteiger partial charge in [0.1, 0.15) is 0 Å². The van der Waals surface area contributed by atoms with E-state index in [2.05, 4.69) is 19.9 Å². The molecule has 2 aliphatic rings. The van der Waals surface area contributed by atoms with Crippen LogP contribution in [-0.2, 0) is 0 Å². The fourth-order valence-electron chi connectivity index (χ4n) is 6.76. The molecule has 1 nitrogen and oxygen atoms in total. The molecule has 1 aromatic rings. The van der Waals surface area contributed by atoms with Crippen molar-refractivity contribution >= 4 is 0 Å². The predicted octanol–water partition coefficient (Wildman–Crippen LogP) is 11.0. The standard InChI is InChI=1S/C33H55FO/c1-3-5-7-8-10-13-28-19-21-30(22-20-28)31-23-24-33(32(34)26-31)35-25-11-14-29-17-15-27(16-18-29)12-9-6-4-2/h23-24,26-30H,3-22,25H2,1-2H3/t27-,28-,29-,30-. The Balaban J connectivity index is 1.29. The molecule has 0 radical (unpaired) electrons. The Hall–Kier alpha value is -1.05. The van der Waals surface area contributed by atoms with Crippen molar-refractivity contribution in [3.63, 3.8) is 0 Å². The molecule has 0 spiro atoms. The zero-order chi connectivity index (χ0) is 24.7. The SMILES string of the molecule is CCCCCCC[C@H]1CC[C@H](c2ccc(OCCC[C@H]3CC[C@H](CCCCC)CC3)c(F)c2)CC1. The van der Waals surface area contributed by atoms with Gasteiger partial charge in [0.15, 0.2) is 11.6 Å². The largest absolute Gasteiger partial charge is 0.491 e. The van der Waals surface area contributed by atoms with E-state index in [1.54, 1.807) is 6.07 Å². The fraction of sp³-hybridized carbons (Fsp3) is 0.818. The van der Waals surface area contributed by atoms with E-state index in [4.69, 9.17) is 4.74 Å². The van der Waals surface area contributed by atoms with Crippen LogP contribution in [0.15, 0.2) is 18.2 Å². The molecule has 2 aliphatic carbocycles. The topological polar surface area (TPSA) is 9.23 Å². The first kappa shape index (κ1) is 28.5. The molecular weight excluding hydrogens is 431 g/mol. The molecule has 2 heteroatoms. The summed E-state index contributed by atoms with van der Waals surface area (Å²) in [6, 6.07) is 5.80. The van der Waals surface area contributed by atoms with Crippen molar-refractivity contribution in [1.82, 2.24) is 0 Å². The Kier molecular flexibility index (Phi) is 13.6. The number of unbranched alkanes of at least 4 members (excludes halogenated alkanes) is 6. The first-order chi connectivity index (χ1) is 17.2. The maximum atomic E-state index is 14.8. The van der Waals surface area contributed by atoms with Crippen molar-refractivity contribution < 1.29 is 9.13 Å². The third-order valence-electron chi connectivity index (χ3n) is 9.19. The van der Waals surface area contributed by atoms with E-state index in [1.165, 1.54) is 128 Å². The van der Waals surface area contributed by atoms with Gasteiger partial charge < -0.3 is 4.74 Å². The van der Waals surface area contributed by atoms with Crippen molar-refractivity contribution in [3.05, 3.63) is 29.6 Å². The summed E-state index contributed by atoms with van der Waals surface area (Å²) in [6.45, 7) is 5.22. The van der Waals surface area contributed by atoms with Gasteiger partial charge in [0.25, 0.3) is 0 Å². The van der Waals surface area contributed by atoms with Crippen LogP contribution in [0.2, 0.25) is 0 Å². The van der Waals surface area contributed by atoms with Crippen LogP contribution in [-0.4, -0.2) is 6.61 Å². The summed E-state index contributed by atoms with van der Waals surface area (Å²) in [5, 5.41) is 0. The number of hydrogen-bond donors (Lipinski definition) is 0. The molecule has 0 amide bonds. The van der Waals surface area contributed by atoms with Crippen LogP contribution in [0.5, 0.6) is 5.75 Å². The lowest BCUT2D eigenvalue weighted by atomic mass is 9.77. The summed E-state index contributed by atoms with van der Waals surface area (Å²) in [4.78, 5) is 0. The summed E-state index contributed by atoms with van der Waals surface area (Å²) in [6.07, 6.45) is 26.9. The molecule has 1 aromatic carbocycles. The van der Waals surface area contributed by atoms with Gasteiger partial charge in [-0.3, -0.25) is 0 Å². The van der Waals surface area contributed by atoms with Crippen molar-refractivity contribution in [3.8, 4) is 5.75 Å². The summed E-state index contributed by atoms with van der Waals surface area (Å²) < 4.78 is 20.6. The van der Waals surface area contributed by atoms with E-state index >= 15 is 0 Å². The van der Waals surface area contributed by atoms with Gasteiger partial charge in [-0.25, -0.2) is 4.39 Å². The summed E-state index contributed by atoms with van der Waals surface area (Å²) in [5.41, 5.74) is 1.19. The minimum Gasteiger partial charge on any atom is -0.491 e. The molecule has 0 aromatic heterocycles. The average molecular weight is 487 g/mol. The first-order valence-corrected chi connectivity index (χ1v) is 15.6. The average Bonchev–Trinajstić information content (AvgIpc) is 2.88. The highest BCUT2D eigenvalue weighted by molar-refractivity contribution is 5.31. The van der Waals surface area contributed by atoms with E-state index in [-0.39, 0.29) is 5.82 Å². The van der Waals surface area contributed by atoms with Gasteiger partial charge in [-0.2, -0.15) is 0 Å². The molecule has 0 N–H and O–H groups in total. The van der Waals surface area contributed by atoms with E-state index in [0.29, 0.717) is 18.3 Å². The van der Waals surface area contributed by atoms with Crippen LogP contribution in [0.25, 0.3) is 0 Å². The van der Waals surface area contributed by atoms with Crippen molar-refractivity contribution in [1.29, 1.82) is 0 Å². The highest BCUT2D eigenvalue weighted by Gasteiger charge is 2.23. The van der Waals surface area contributed by atoms with Crippen LogP contribution in [0, 0.1) is 23.6 Å². The Labute approximate surface area is 217 Å². The Bertz CT molecular complexity index is 670. The van der Waals surface area contributed by atoms with Crippen LogP contribution >= 0.6 is 0 Å². The second kappa shape index (κ2) is 16.6. The molecule has 0 aliphatic heterocycles. The molecular formula is C33H55FO. The van der Waals surface area contributed by atoms with Gasteiger partial charge >= 0.3 is 0 Å². The number of halogens is 1. The number of ether oxygens (including phenoxy) is 1. The van der Waals surface area contributed by atoms with Crippen LogP contribution in [0.3, 0.4) is 0 Å². The normalized spacial score (nSPS) is 25.0. The summed E-state index contributed by atoms with van der Waals surface area (Å²) >= 11 is 0. The Morgan fingerprint density at radius 2 is 1.17 bits per heavy atom. The van der Waals surface area contributed by atoms with Crippen LogP contribution in [0.1, 0.15) is 154 Å². The van der Waals surface area contributed by atoms with Crippen molar-refractivity contribution in [2.75, 3.05) is 6.61 Å². The number of hydrogen-bond acceptors (Lipinski definition) is 1. The molecule has 2 saturated carbocycles.